The van der Waals surface area contributed by atoms with E-state index in [1.54, 1.807) is 13.2 Å². The molecule has 1 saturated carbocycles. The van der Waals surface area contributed by atoms with Gasteiger partial charge in [-0.3, -0.25) is 4.79 Å². The maximum absolute atomic E-state index is 11.8. The molecule has 1 N–H and O–H groups in total. The van der Waals surface area contributed by atoms with Gasteiger partial charge in [0, 0.05) is 24.5 Å². The van der Waals surface area contributed by atoms with Crippen molar-refractivity contribution in [3.05, 3.63) is 17.5 Å². The number of alkyl halides is 1. The molecule has 5 nitrogen and oxygen atoms in total. The van der Waals surface area contributed by atoms with Gasteiger partial charge in [0.2, 0.25) is 0 Å². The third kappa shape index (κ3) is 3.55. The van der Waals surface area contributed by atoms with E-state index in [1.165, 1.54) is 6.42 Å². The number of methoxy groups -OCH3 is 1. The van der Waals surface area contributed by atoms with Crippen LogP contribution in [0.15, 0.2) is 10.6 Å². The second-order valence-corrected chi connectivity index (χ2v) is 5.89. The van der Waals surface area contributed by atoms with Crippen LogP contribution in [-0.4, -0.2) is 29.5 Å². The van der Waals surface area contributed by atoms with Gasteiger partial charge >= 0.3 is 0 Å². The Labute approximate surface area is 114 Å². The summed E-state index contributed by atoms with van der Waals surface area (Å²) >= 11 is 3.60. The summed E-state index contributed by atoms with van der Waals surface area (Å²) in [4.78, 5) is 12.4. The largest absolute Gasteiger partial charge is 0.377 e. The number of nitrogens with zero attached hydrogens (tertiary/aromatic N) is 1. The molecule has 0 bridgehead atoms. The molecule has 2 unspecified atom stereocenters. The van der Waals surface area contributed by atoms with E-state index in [0.717, 1.165) is 12.8 Å². The smallest absolute Gasteiger partial charge is 0.273 e. The third-order valence-electron chi connectivity index (χ3n) is 3.11. The van der Waals surface area contributed by atoms with E-state index in [4.69, 9.17) is 9.26 Å². The monoisotopic (exact) mass is 316 g/mol. The number of halogens is 1. The number of nitrogens with one attached hydrogen (secondary N) is 1. The van der Waals surface area contributed by atoms with E-state index >= 15 is 0 Å². The van der Waals surface area contributed by atoms with Gasteiger partial charge in [-0.05, 0) is 25.2 Å². The van der Waals surface area contributed by atoms with Crippen LogP contribution in [0.2, 0.25) is 0 Å². The lowest BCUT2D eigenvalue weighted by molar-refractivity contribution is 0.0937. The Morgan fingerprint density at radius 2 is 2.50 bits per heavy atom. The van der Waals surface area contributed by atoms with Crippen molar-refractivity contribution in [3.8, 4) is 0 Å². The summed E-state index contributed by atoms with van der Waals surface area (Å²) in [6.45, 7) is 1.03. The van der Waals surface area contributed by atoms with E-state index in [2.05, 4.69) is 26.4 Å². The van der Waals surface area contributed by atoms with Gasteiger partial charge in [0.25, 0.3) is 5.91 Å². The number of ether oxygens (including phenoxy) is 1. The second kappa shape index (κ2) is 6.33. The highest BCUT2D eigenvalue weighted by atomic mass is 79.9. The van der Waals surface area contributed by atoms with Gasteiger partial charge in [-0.2, -0.15) is 0 Å². The van der Waals surface area contributed by atoms with Crippen LogP contribution in [0.3, 0.4) is 0 Å². The zero-order chi connectivity index (χ0) is 13.0. The van der Waals surface area contributed by atoms with Crippen LogP contribution >= 0.6 is 15.9 Å². The molecule has 0 spiro atoms. The molecule has 1 aromatic rings. The summed E-state index contributed by atoms with van der Waals surface area (Å²) in [5.41, 5.74) is 0.315. The maximum atomic E-state index is 11.8. The first kappa shape index (κ1) is 13.5. The van der Waals surface area contributed by atoms with E-state index < -0.39 is 0 Å². The van der Waals surface area contributed by atoms with Crippen LogP contribution in [0.5, 0.6) is 0 Å². The first-order valence-corrected chi connectivity index (χ1v) is 6.97. The number of rotatable bonds is 5. The number of hydrogen-bond donors (Lipinski definition) is 1. The van der Waals surface area contributed by atoms with Crippen molar-refractivity contribution < 1.29 is 14.1 Å². The van der Waals surface area contributed by atoms with Crippen molar-refractivity contribution in [3.63, 3.8) is 0 Å². The van der Waals surface area contributed by atoms with Crippen molar-refractivity contribution in [1.82, 2.24) is 10.5 Å². The van der Waals surface area contributed by atoms with Gasteiger partial charge in [0.05, 0.1) is 0 Å². The number of aromatic nitrogens is 1. The van der Waals surface area contributed by atoms with Crippen molar-refractivity contribution in [2.24, 2.45) is 5.92 Å². The van der Waals surface area contributed by atoms with Gasteiger partial charge in [-0.15, -0.1) is 0 Å². The second-order valence-electron chi connectivity index (χ2n) is 4.60. The number of amides is 1. The topological polar surface area (TPSA) is 64.4 Å². The minimum Gasteiger partial charge on any atom is -0.377 e. The summed E-state index contributed by atoms with van der Waals surface area (Å²) in [5.74, 6) is 0.937. The minimum absolute atomic E-state index is 0.181. The lowest BCUT2D eigenvalue weighted by atomic mass is 10.1. The molecule has 100 valence electrons. The van der Waals surface area contributed by atoms with Gasteiger partial charge in [-0.25, -0.2) is 0 Å². The Kier molecular flexibility index (Phi) is 4.77. The molecular weight excluding hydrogens is 300 g/mol. The zero-order valence-electron chi connectivity index (χ0n) is 10.3. The third-order valence-corrected chi connectivity index (χ3v) is 3.94. The van der Waals surface area contributed by atoms with Crippen molar-refractivity contribution in [2.45, 2.75) is 30.7 Å². The molecule has 2 atom stereocenters. The van der Waals surface area contributed by atoms with Crippen LogP contribution in [0.4, 0.5) is 0 Å². The Balaban J connectivity index is 1.80. The predicted octanol–water partition coefficient (Wildman–Crippen LogP) is 2.11. The van der Waals surface area contributed by atoms with Crippen molar-refractivity contribution in [2.75, 3.05) is 13.7 Å². The number of carbonyl (C=O) groups is 1. The number of carbonyl (C=O) groups excluding carboxylic acids is 1. The van der Waals surface area contributed by atoms with Crippen LogP contribution in [-0.2, 0) is 11.3 Å². The summed E-state index contributed by atoms with van der Waals surface area (Å²) in [7, 11) is 1.57. The zero-order valence-corrected chi connectivity index (χ0v) is 11.9. The Morgan fingerprint density at radius 3 is 3.17 bits per heavy atom. The van der Waals surface area contributed by atoms with Crippen LogP contribution in [0, 0.1) is 5.92 Å². The average molecular weight is 317 g/mol. The molecular formula is C12H17BrN2O3. The van der Waals surface area contributed by atoms with Gasteiger partial charge in [-0.1, -0.05) is 21.1 Å². The molecule has 1 amide bonds. The Hall–Kier alpha value is -0.880. The molecule has 1 heterocycles. The standard InChI is InChI=1S/C12H17BrN2O3/c1-17-7-10-5-11(15-18-10)12(16)14-6-8-2-3-9(13)4-8/h5,8-9H,2-4,6-7H2,1H3,(H,14,16). The summed E-state index contributed by atoms with van der Waals surface area (Å²) in [5, 5.41) is 6.61. The Bertz CT molecular complexity index is 408. The molecule has 1 aliphatic carbocycles. The predicted molar refractivity (Wildman–Crippen MR) is 69.6 cm³/mol. The normalized spacial score (nSPS) is 23.2. The lowest BCUT2D eigenvalue weighted by Gasteiger charge is -2.09. The van der Waals surface area contributed by atoms with E-state index in [9.17, 15) is 4.79 Å². The molecule has 0 aromatic carbocycles. The maximum Gasteiger partial charge on any atom is 0.273 e. The fourth-order valence-electron chi connectivity index (χ4n) is 2.16. The molecule has 0 radical (unpaired) electrons. The molecule has 6 heteroatoms. The quantitative estimate of drug-likeness (QED) is 0.845. The lowest BCUT2D eigenvalue weighted by Crippen LogP contribution is -2.28. The molecule has 18 heavy (non-hydrogen) atoms. The van der Waals surface area contributed by atoms with Gasteiger partial charge in [0.15, 0.2) is 11.5 Å². The molecule has 1 fully saturated rings. The van der Waals surface area contributed by atoms with Gasteiger partial charge in [0.1, 0.15) is 6.61 Å². The van der Waals surface area contributed by atoms with Crippen molar-refractivity contribution >= 4 is 21.8 Å². The fourth-order valence-corrected chi connectivity index (χ4v) is 2.95. The first-order chi connectivity index (χ1) is 8.69. The SMILES string of the molecule is COCc1cc(C(=O)NCC2CCC(Br)C2)no1. The van der Waals surface area contributed by atoms with E-state index in [1.807, 2.05) is 0 Å². The van der Waals surface area contributed by atoms with Crippen LogP contribution in [0.1, 0.15) is 35.5 Å². The van der Waals surface area contributed by atoms with Crippen LogP contribution in [0.25, 0.3) is 0 Å². The van der Waals surface area contributed by atoms with Gasteiger partial charge < -0.3 is 14.6 Å². The molecule has 1 aliphatic rings. The fraction of sp³-hybridized carbons (Fsp3) is 0.667. The molecule has 1 aromatic heterocycles. The molecule has 0 aliphatic heterocycles. The van der Waals surface area contributed by atoms with E-state index in [-0.39, 0.29) is 5.91 Å². The summed E-state index contributed by atoms with van der Waals surface area (Å²) in [6.07, 6.45) is 3.46. The molecule has 0 saturated heterocycles. The van der Waals surface area contributed by atoms with E-state index in [0.29, 0.717) is 35.4 Å². The molecule has 2 rings (SSSR count). The minimum atomic E-state index is -0.181. The van der Waals surface area contributed by atoms with Crippen LogP contribution < -0.4 is 5.32 Å². The summed E-state index contributed by atoms with van der Waals surface area (Å²) in [6, 6.07) is 1.61. The highest BCUT2D eigenvalue weighted by Gasteiger charge is 2.23. The highest BCUT2D eigenvalue weighted by Crippen LogP contribution is 2.30. The summed E-state index contributed by atoms with van der Waals surface area (Å²) < 4.78 is 9.88. The Morgan fingerprint density at radius 1 is 1.67 bits per heavy atom. The average Bonchev–Trinajstić information content (AvgIpc) is 2.96. The highest BCUT2D eigenvalue weighted by molar-refractivity contribution is 9.09. The number of hydrogen-bond acceptors (Lipinski definition) is 4. The first-order valence-electron chi connectivity index (χ1n) is 6.06. The van der Waals surface area contributed by atoms with Crippen molar-refractivity contribution in [1.29, 1.82) is 0 Å².